The first kappa shape index (κ1) is 29.9. The molecule has 1 fully saturated rings. The second-order valence-corrected chi connectivity index (χ2v) is 10.9. The molecule has 0 aliphatic carbocycles. The van der Waals surface area contributed by atoms with E-state index in [-0.39, 0.29) is 36.0 Å². The number of primary amides is 1. The van der Waals surface area contributed by atoms with Crippen LogP contribution in [-0.4, -0.2) is 54.1 Å². The number of hydrazine groups is 1. The predicted octanol–water partition coefficient (Wildman–Crippen LogP) is 5.13. The van der Waals surface area contributed by atoms with Gasteiger partial charge in [-0.1, -0.05) is 48.5 Å². The fourth-order valence-electron chi connectivity index (χ4n) is 5.14. The van der Waals surface area contributed by atoms with Crippen molar-refractivity contribution in [3.63, 3.8) is 0 Å². The quantitative estimate of drug-likeness (QED) is 0.280. The molecule has 226 valence electrons. The van der Waals surface area contributed by atoms with Crippen molar-refractivity contribution in [2.45, 2.75) is 20.8 Å². The van der Waals surface area contributed by atoms with Gasteiger partial charge in [0.05, 0.1) is 23.5 Å². The Hall–Kier alpha value is -5.58. The number of hydrogen-bond donors (Lipinski definition) is 2. The van der Waals surface area contributed by atoms with Crippen molar-refractivity contribution < 1.29 is 33.8 Å². The number of carbonyl (C=O) groups excluding carboxylic acids is 4. The number of esters is 1. The van der Waals surface area contributed by atoms with Crippen LogP contribution in [-0.2, 0) is 14.3 Å². The van der Waals surface area contributed by atoms with Crippen molar-refractivity contribution in [3.05, 3.63) is 90.0 Å². The molecule has 4 aromatic carbocycles. The predicted molar refractivity (Wildman–Crippen MR) is 165 cm³/mol. The molecule has 11 heteroatoms. The number of carbonyl (C=O) groups is 4. The average molecular weight is 597 g/mol. The largest absolute Gasteiger partial charge is 0.506 e. The number of rotatable bonds is 7. The minimum absolute atomic E-state index is 0.0925. The van der Waals surface area contributed by atoms with Gasteiger partial charge in [-0.2, -0.15) is 5.01 Å². The Morgan fingerprint density at radius 2 is 1.64 bits per heavy atom. The van der Waals surface area contributed by atoms with Gasteiger partial charge in [0, 0.05) is 24.7 Å². The first-order valence-electron chi connectivity index (χ1n) is 13.8. The molecule has 1 heterocycles. The van der Waals surface area contributed by atoms with E-state index in [0.717, 1.165) is 10.6 Å². The molecule has 0 aromatic heterocycles. The van der Waals surface area contributed by atoms with Crippen LogP contribution in [0.3, 0.4) is 0 Å². The van der Waals surface area contributed by atoms with Crippen LogP contribution in [0.4, 0.5) is 16.2 Å². The zero-order valence-electron chi connectivity index (χ0n) is 24.7. The van der Waals surface area contributed by atoms with Gasteiger partial charge < -0.3 is 20.3 Å². The summed E-state index contributed by atoms with van der Waals surface area (Å²) in [6, 6.07) is 21.7. The van der Waals surface area contributed by atoms with Crippen LogP contribution in [0.2, 0.25) is 0 Å². The monoisotopic (exact) mass is 596 g/mol. The number of benzene rings is 4. The van der Waals surface area contributed by atoms with E-state index in [0.29, 0.717) is 22.1 Å². The SMILES string of the molecule is CC(=O)OCC1(C)CN(c2ccccc2)N(C(=O)N(C)c2cc(C)ccc2Oc2cc(C(N)=O)c(O)c3ccccc23)C1=O. The Morgan fingerprint density at radius 3 is 2.30 bits per heavy atom. The summed E-state index contributed by atoms with van der Waals surface area (Å²) in [5.41, 5.74) is 5.97. The fraction of sp³-hybridized carbons (Fsp3) is 0.212. The van der Waals surface area contributed by atoms with Crippen molar-refractivity contribution in [1.29, 1.82) is 0 Å². The Morgan fingerprint density at radius 1 is 0.977 bits per heavy atom. The molecule has 0 radical (unpaired) electrons. The molecule has 0 spiro atoms. The van der Waals surface area contributed by atoms with Crippen LogP contribution < -0.4 is 20.4 Å². The average Bonchev–Trinajstić information content (AvgIpc) is 3.28. The summed E-state index contributed by atoms with van der Waals surface area (Å²) in [5, 5.41) is 14.2. The molecular formula is C33H32N4O7. The Labute approximate surface area is 253 Å². The van der Waals surface area contributed by atoms with Gasteiger partial charge in [-0.3, -0.25) is 24.3 Å². The van der Waals surface area contributed by atoms with Gasteiger partial charge in [-0.25, -0.2) is 4.79 Å². The van der Waals surface area contributed by atoms with E-state index >= 15 is 0 Å². The summed E-state index contributed by atoms with van der Waals surface area (Å²) in [4.78, 5) is 53.1. The second kappa shape index (κ2) is 11.6. The minimum atomic E-state index is -1.19. The van der Waals surface area contributed by atoms with Crippen molar-refractivity contribution in [2.24, 2.45) is 11.1 Å². The van der Waals surface area contributed by atoms with Crippen molar-refractivity contribution in [3.8, 4) is 17.2 Å². The number of amides is 4. The van der Waals surface area contributed by atoms with Crippen LogP contribution >= 0.6 is 0 Å². The van der Waals surface area contributed by atoms with Crippen molar-refractivity contribution in [2.75, 3.05) is 30.1 Å². The van der Waals surface area contributed by atoms with E-state index < -0.39 is 29.2 Å². The maximum Gasteiger partial charge on any atom is 0.350 e. The molecule has 4 aromatic rings. The third-order valence-corrected chi connectivity index (χ3v) is 7.50. The Balaban J connectivity index is 1.55. The van der Waals surface area contributed by atoms with E-state index in [2.05, 4.69) is 0 Å². The highest BCUT2D eigenvalue weighted by molar-refractivity contribution is 6.08. The third-order valence-electron chi connectivity index (χ3n) is 7.50. The molecule has 44 heavy (non-hydrogen) atoms. The van der Waals surface area contributed by atoms with Crippen LogP contribution in [0.15, 0.2) is 78.9 Å². The van der Waals surface area contributed by atoms with Gasteiger partial charge in [0.25, 0.3) is 11.8 Å². The molecule has 1 aliphatic heterocycles. The molecule has 0 saturated carbocycles. The second-order valence-electron chi connectivity index (χ2n) is 10.9. The highest BCUT2D eigenvalue weighted by Crippen LogP contribution is 2.42. The zero-order valence-corrected chi connectivity index (χ0v) is 24.7. The van der Waals surface area contributed by atoms with Gasteiger partial charge >= 0.3 is 12.0 Å². The first-order valence-corrected chi connectivity index (χ1v) is 13.8. The number of urea groups is 1. The summed E-state index contributed by atoms with van der Waals surface area (Å²) in [7, 11) is 1.52. The molecule has 1 aliphatic rings. The lowest BCUT2D eigenvalue weighted by Gasteiger charge is -2.32. The molecule has 1 saturated heterocycles. The summed E-state index contributed by atoms with van der Waals surface area (Å²) in [5.74, 6) is -1.68. The topological polar surface area (TPSA) is 143 Å². The first-order chi connectivity index (χ1) is 20.9. The van der Waals surface area contributed by atoms with Crippen molar-refractivity contribution >= 4 is 46.0 Å². The molecule has 1 unspecified atom stereocenters. The maximum absolute atomic E-state index is 14.2. The number of ether oxygens (including phenoxy) is 2. The number of aryl methyl sites for hydroxylation is 1. The molecule has 0 bridgehead atoms. The van der Waals surface area contributed by atoms with Crippen LogP contribution in [0.1, 0.15) is 29.8 Å². The van der Waals surface area contributed by atoms with E-state index in [9.17, 15) is 24.3 Å². The van der Waals surface area contributed by atoms with Gasteiger partial charge in [0.1, 0.15) is 23.5 Å². The molecule has 1 atom stereocenters. The normalized spacial score (nSPS) is 16.2. The lowest BCUT2D eigenvalue weighted by Crippen LogP contribution is -2.50. The highest BCUT2D eigenvalue weighted by atomic mass is 16.5. The Kier molecular flexibility index (Phi) is 7.88. The summed E-state index contributed by atoms with van der Waals surface area (Å²) >= 11 is 0. The van der Waals surface area contributed by atoms with Crippen LogP contribution in [0.25, 0.3) is 10.8 Å². The number of imide groups is 1. The molecule has 3 N–H and O–H groups in total. The highest BCUT2D eigenvalue weighted by Gasteiger charge is 2.52. The van der Waals surface area contributed by atoms with Gasteiger partial charge in [-0.15, -0.1) is 0 Å². The third kappa shape index (κ3) is 5.47. The maximum atomic E-state index is 14.2. The summed E-state index contributed by atoms with van der Waals surface area (Å²) in [6.07, 6.45) is 0. The molecule has 4 amide bonds. The number of fused-ring (bicyclic) bond motifs is 1. The number of hydrogen-bond acceptors (Lipinski definition) is 8. The number of nitrogens with two attached hydrogens (primary N) is 1. The zero-order chi connectivity index (χ0) is 31.8. The summed E-state index contributed by atoms with van der Waals surface area (Å²) in [6.45, 7) is 4.65. The van der Waals surface area contributed by atoms with Gasteiger partial charge in [0.15, 0.2) is 5.75 Å². The number of phenols is 1. The van der Waals surface area contributed by atoms with Crippen molar-refractivity contribution in [1.82, 2.24) is 5.01 Å². The molecule has 5 rings (SSSR count). The molecular weight excluding hydrogens is 564 g/mol. The summed E-state index contributed by atoms with van der Waals surface area (Å²) < 4.78 is 11.5. The fourth-order valence-corrected chi connectivity index (χ4v) is 5.14. The number of anilines is 2. The standard InChI is InChI=1S/C33H32N4O7/c1-20-14-15-27(44-28-17-25(30(34)40)29(39)24-13-9-8-12-23(24)28)26(16-20)35(4)32(42)37-31(41)33(3,19-43-21(2)38)18-36(37)22-10-6-5-7-11-22/h5-17,39H,18-19H2,1-4H3,(H2,34,40). The van der Waals surface area contributed by atoms with E-state index in [4.69, 9.17) is 15.2 Å². The van der Waals surface area contributed by atoms with E-state index in [1.54, 1.807) is 78.7 Å². The van der Waals surface area contributed by atoms with E-state index in [1.807, 2.05) is 13.0 Å². The van der Waals surface area contributed by atoms with Crippen LogP contribution in [0, 0.1) is 12.3 Å². The Bertz CT molecular complexity index is 1790. The number of nitrogens with zero attached hydrogens (tertiary/aromatic N) is 3. The van der Waals surface area contributed by atoms with Gasteiger partial charge in [-0.05, 0) is 49.7 Å². The minimum Gasteiger partial charge on any atom is -0.506 e. The smallest absolute Gasteiger partial charge is 0.350 e. The van der Waals surface area contributed by atoms with Gasteiger partial charge in [0.2, 0.25) is 0 Å². The van der Waals surface area contributed by atoms with Crippen LogP contribution in [0.5, 0.6) is 17.2 Å². The van der Waals surface area contributed by atoms with E-state index in [1.165, 1.54) is 24.9 Å². The number of aromatic hydroxyl groups is 1. The molecule has 11 nitrogen and oxygen atoms in total. The lowest BCUT2D eigenvalue weighted by atomic mass is 9.92. The lowest BCUT2D eigenvalue weighted by molar-refractivity contribution is -0.147. The number of para-hydroxylation sites is 1.